The number of hydrogen-bond donors (Lipinski definition) is 1. The Morgan fingerprint density at radius 1 is 1.29 bits per heavy atom. The topological polar surface area (TPSA) is 54.6 Å². The maximum atomic E-state index is 11.9. The third kappa shape index (κ3) is 3.28. The largest absolute Gasteiger partial charge is 0.462 e. The number of nitrogens with one attached hydrogen (secondary N) is 1. The van der Waals surface area contributed by atoms with Gasteiger partial charge in [-0.05, 0) is 58.9 Å². The van der Waals surface area contributed by atoms with Gasteiger partial charge in [0.25, 0.3) is 5.91 Å². The van der Waals surface area contributed by atoms with Crippen LogP contribution in [0.3, 0.4) is 0 Å². The molecule has 106 valence electrons. The molecule has 1 aliphatic rings. The van der Waals surface area contributed by atoms with Crippen molar-refractivity contribution in [2.24, 2.45) is 4.99 Å². The number of para-hydroxylation sites is 1. The number of thioether (sulfide) groups is 1. The van der Waals surface area contributed by atoms with Crippen molar-refractivity contribution in [2.75, 3.05) is 0 Å². The maximum Gasteiger partial charge on any atom is 0.264 e. The van der Waals surface area contributed by atoms with Crippen molar-refractivity contribution in [2.45, 2.75) is 6.92 Å². The maximum absolute atomic E-state index is 11.9. The fourth-order valence-corrected chi connectivity index (χ4v) is 2.98. The van der Waals surface area contributed by atoms with Gasteiger partial charge in [-0.2, -0.15) is 0 Å². The standard InChI is InChI=1S/C15H11BrN2O2S/c1-9-6-7-10(20-9)8-13-14(19)18-15(21-13)17-12-5-3-2-4-11(12)16/h2-8H,1H3,(H,17,18,19). The highest BCUT2D eigenvalue weighted by Gasteiger charge is 2.24. The molecule has 0 spiro atoms. The van der Waals surface area contributed by atoms with Gasteiger partial charge in [-0.1, -0.05) is 12.1 Å². The average molecular weight is 363 g/mol. The highest BCUT2D eigenvalue weighted by molar-refractivity contribution is 9.10. The molecule has 3 rings (SSSR count). The van der Waals surface area contributed by atoms with Crippen molar-refractivity contribution in [1.29, 1.82) is 0 Å². The molecule has 0 aliphatic carbocycles. The molecule has 6 heteroatoms. The number of halogens is 1. The quantitative estimate of drug-likeness (QED) is 0.812. The van der Waals surface area contributed by atoms with Gasteiger partial charge >= 0.3 is 0 Å². The van der Waals surface area contributed by atoms with Gasteiger partial charge in [0.05, 0.1) is 10.6 Å². The Kier molecular flexibility index (Phi) is 3.98. The monoisotopic (exact) mass is 362 g/mol. The molecule has 0 saturated carbocycles. The normalized spacial score (nSPS) is 18.5. The Hall–Kier alpha value is -1.79. The summed E-state index contributed by atoms with van der Waals surface area (Å²) in [6.45, 7) is 1.86. The molecule has 1 N–H and O–H groups in total. The third-order valence-corrected chi connectivity index (χ3v) is 4.34. The molecule has 1 amide bonds. The Morgan fingerprint density at radius 3 is 2.81 bits per heavy atom. The van der Waals surface area contributed by atoms with E-state index < -0.39 is 0 Å². The molecule has 2 aromatic rings. The second-order valence-electron chi connectivity index (χ2n) is 4.38. The van der Waals surface area contributed by atoms with Crippen LogP contribution < -0.4 is 5.32 Å². The second kappa shape index (κ2) is 5.91. The molecular weight excluding hydrogens is 352 g/mol. The number of furan rings is 1. The van der Waals surface area contributed by atoms with E-state index >= 15 is 0 Å². The number of hydrogen-bond acceptors (Lipinski definition) is 4. The van der Waals surface area contributed by atoms with Crippen molar-refractivity contribution in [1.82, 2.24) is 5.32 Å². The first-order valence-corrected chi connectivity index (χ1v) is 7.83. The van der Waals surface area contributed by atoms with Crippen LogP contribution in [0, 0.1) is 6.92 Å². The van der Waals surface area contributed by atoms with E-state index in [2.05, 4.69) is 26.2 Å². The predicted molar refractivity (Wildman–Crippen MR) is 88.4 cm³/mol. The molecule has 1 aliphatic heterocycles. The minimum atomic E-state index is -0.167. The van der Waals surface area contributed by atoms with E-state index in [1.54, 1.807) is 6.08 Å². The predicted octanol–water partition coefficient (Wildman–Crippen LogP) is 4.24. The minimum absolute atomic E-state index is 0.167. The van der Waals surface area contributed by atoms with Crippen LogP contribution in [0.2, 0.25) is 0 Å². The molecule has 2 heterocycles. The van der Waals surface area contributed by atoms with Crippen LogP contribution in [-0.2, 0) is 4.79 Å². The van der Waals surface area contributed by atoms with Gasteiger partial charge < -0.3 is 9.73 Å². The van der Waals surface area contributed by atoms with Gasteiger partial charge in [0.1, 0.15) is 11.5 Å². The minimum Gasteiger partial charge on any atom is -0.462 e. The van der Waals surface area contributed by atoms with Crippen molar-refractivity contribution < 1.29 is 9.21 Å². The molecule has 0 atom stereocenters. The zero-order chi connectivity index (χ0) is 14.8. The van der Waals surface area contributed by atoms with E-state index in [9.17, 15) is 4.79 Å². The van der Waals surface area contributed by atoms with Crippen LogP contribution in [0.1, 0.15) is 11.5 Å². The van der Waals surface area contributed by atoms with E-state index in [0.717, 1.165) is 15.9 Å². The lowest BCUT2D eigenvalue weighted by molar-refractivity contribution is -0.115. The van der Waals surface area contributed by atoms with Crippen molar-refractivity contribution in [3.8, 4) is 0 Å². The van der Waals surface area contributed by atoms with E-state index in [-0.39, 0.29) is 5.91 Å². The molecule has 1 aromatic heterocycles. The van der Waals surface area contributed by atoms with Crippen LogP contribution in [0.25, 0.3) is 6.08 Å². The zero-order valence-corrected chi connectivity index (χ0v) is 13.5. The first-order chi connectivity index (χ1) is 10.1. The summed E-state index contributed by atoms with van der Waals surface area (Å²) in [5.74, 6) is 1.31. The van der Waals surface area contributed by atoms with Crippen molar-refractivity contribution >= 4 is 50.5 Å². The molecule has 21 heavy (non-hydrogen) atoms. The molecule has 0 radical (unpaired) electrons. The fourth-order valence-electron chi connectivity index (χ4n) is 1.79. The lowest BCUT2D eigenvalue weighted by atomic mass is 10.3. The number of aryl methyl sites for hydroxylation is 1. The third-order valence-electron chi connectivity index (χ3n) is 2.76. The van der Waals surface area contributed by atoms with Gasteiger partial charge in [-0.25, -0.2) is 4.99 Å². The van der Waals surface area contributed by atoms with Gasteiger partial charge in [0, 0.05) is 10.5 Å². The summed E-state index contributed by atoms with van der Waals surface area (Å²) < 4.78 is 6.33. The van der Waals surface area contributed by atoms with E-state index in [4.69, 9.17) is 4.42 Å². The highest BCUT2D eigenvalue weighted by atomic mass is 79.9. The first-order valence-electron chi connectivity index (χ1n) is 6.22. The summed E-state index contributed by atoms with van der Waals surface area (Å²) in [6.07, 6.45) is 1.72. The highest BCUT2D eigenvalue weighted by Crippen LogP contribution is 2.31. The van der Waals surface area contributed by atoms with Gasteiger partial charge in [0.2, 0.25) is 0 Å². The Labute approximate surface area is 134 Å². The molecule has 1 aromatic carbocycles. The number of rotatable bonds is 2. The molecule has 1 fully saturated rings. The van der Waals surface area contributed by atoms with Crippen LogP contribution in [-0.4, -0.2) is 11.1 Å². The summed E-state index contributed by atoms with van der Waals surface area (Å²) in [5.41, 5.74) is 0.774. The SMILES string of the molecule is Cc1ccc(C=C2SC(=Nc3ccccc3Br)NC2=O)o1. The summed E-state index contributed by atoms with van der Waals surface area (Å²) in [5, 5.41) is 3.31. The number of carbonyl (C=O) groups excluding carboxylic acids is 1. The van der Waals surface area contributed by atoms with Gasteiger partial charge in [0.15, 0.2) is 5.17 Å². The summed E-state index contributed by atoms with van der Waals surface area (Å²) in [6, 6.07) is 11.3. The first kappa shape index (κ1) is 14.2. The van der Waals surface area contributed by atoms with Crippen molar-refractivity contribution in [3.05, 3.63) is 57.3 Å². The fraction of sp³-hybridized carbons (Fsp3) is 0.0667. The lowest BCUT2D eigenvalue weighted by Gasteiger charge is -1.98. The number of amides is 1. The lowest BCUT2D eigenvalue weighted by Crippen LogP contribution is -2.19. The molecule has 1 saturated heterocycles. The van der Waals surface area contributed by atoms with Crippen LogP contribution >= 0.6 is 27.7 Å². The van der Waals surface area contributed by atoms with Crippen LogP contribution in [0.5, 0.6) is 0 Å². The Morgan fingerprint density at radius 2 is 2.10 bits per heavy atom. The molecule has 0 bridgehead atoms. The Balaban J connectivity index is 1.85. The van der Waals surface area contributed by atoms with E-state index in [1.807, 2.05) is 43.3 Å². The second-order valence-corrected chi connectivity index (χ2v) is 6.27. The molecule has 0 unspecified atom stereocenters. The average Bonchev–Trinajstić information content (AvgIpc) is 3.00. The zero-order valence-electron chi connectivity index (χ0n) is 11.1. The molecular formula is C15H11BrN2O2S. The number of nitrogens with zero attached hydrogens (tertiary/aromatic N) is 1. The van der Waals surface area contributed by atoms with E-state index in [1.165, 1.54) is 11.8 Å². The number of carbonyl (C=O) groups is 1. The summed E-state index contributed by atoms with van der Waals surface area (Å²) in [4.78, 5) is 16.9. The van der Waals surface area contributed by atoms with Crippen LogP contribution in [0.15, 0.2) is 55.2 Å². The number of amidine groups is 1. The molecule has 4 nitrogen and oxygen atoms in total. The number of benzene rings is 1. The van der Waals surface area contributed by atoms with Gasteiger partial charge in [-0.3, -0.25) is 4.79 Å². The summed E-state index contributed by atoms with van der Waals surface area (Å²) in [7, 11) is 0. The van der Waals surface area contributed by atoms with Gasteiger partial charge in [-0.15, -0.1) is 0 Å². The summed E-state index contributed by atoms with van der Waals surface area (Å²) >= 11 is 4.73. The Bertz CT molecular complexity index is 765. The number of aliphatic imine (C=N–C) groups is 1. The smallest absolute Gasteiger partial charge is 0.264 e. The van der Waals surface area contributed by atoms with Crippen LogP contribution in [0.4, 0.5) is 5.69 Å². The van der Waals surface area contributed by atoms with Crippen molar-refractivity contribution in [3.63, 3.8) is 0 Å². The van der Waals surface area contributed by atoms with E-state index in [0.29, 0.717) is 15.8 Å².